The SMILES string of the molecule is O=CC(C1CCC(c2cc[nH]c3cnc4nccc4c23)CC1)N1CCCC(COc2ccc(Cl)cc2)C1. The number of aldehydes is 1. The first kappa shape index (κ1) is 24.4. The smallest absolute Gasteiger partial charge is 0.159 e. The number of carbonyl (C=O) groups excluding carboxylic acids is 1. The number of halogens is 1. The van der Waals surface area contributed by atoms with E-state index in [1.807, 2.05) is 42.9 Å². The van der Waals surface area contributed by atoms with E-state index in [-0.39, 0.29) is 6.04 Å². The van der Waals surface area contributed by atoms with Crippen molar-refractivity contribution in [1.29, 1.82) is 0 Å². The number of nitrogens with one attached hydrogen (secondary N) is 1. The molecular weight excluding hydrogens is 484 g/mol. The Kier molecular flexibility index (Phi) is 7.12. The van der Waals surface area contributed by atoms with E-state index in [1.165, 1.54) is 17.2 Å². The summed E-state index contributed by atoms with van der Waals surface area (Å²) in [5.41, 5.74) is 3.25. The molecular formula is C30H33ClN4O2. The summed E-state index contributed by atoms with van der Waals surface area (Å²) in [5, 5.41) is 3.09. The molecule has 2 atom stereocenters. The number of aromatic amines is 1. The number of piperidine rings is 1. The monoisotopic (exact) mass is 516 g/mol. The minimum atomic E-state index is -0.00434. The Morgan fingerprint density at radius 2 is 1.92 bits per heavy atom. The van der Waals surface area contributed by atoms with E-state index in [2.05, 4.69) is 32.0 Å². The quantitative estimate of drug-likeness (QED) is 0.288. The van der Waals surface area contributed by atoms with Crippen molar-refractivity contribution in [2.45, 2.75) is 50.5 Å². The van der Waals surface area contributed by atoms with Crippen molar-refractivity contribution in [1.82, 2.24) is 19.9 Å². The van der Waals surface area contributed by atoms with Crippen molar-refractivity contribution in [2.75, 3.05) is 19.7 Å². The molecule has 1 aromatic carbocycles. The Balaban J connectivity index is 1.10. The predicted molar refractivity (Wildman–Crippen MR) is 147 cm³/mol. The first-order chi connectivity index (χ1) is 18.2. The van der Waals surface area contributed by atoms with Gasteiger partial charge in [0.1, 0.15) is 12.0 Å². The van der Waals surface area contributed by atoms with Crippen LogP contribution in [-0.2, 0) is 4.79 Å². The number of pyridine rings is 2. The lowest BCUT2D eigenvalue weighted by Gasteiger charge is -2.41. The number of carbonyl (C=O) groups is 1. The van der Waals surface area contributed by atoms with Crippen LogP contribution in [0.4, 0.5) is 0 Å². The maximum atomic E-state index is 12.4. The van der Waals surface area contributed by atoms with Gasteiger partial charge in [0.25, 0.3) is 0 Å². The first-order valence-corrected chi connectivity index (χ1v) is 13.9. The maximum Gasteiger partial charge on any atom is 0.159 e. The van der Waals surface area contributed by atoms with Gasteiger partial charge in [0.15, 0.2) is 5.65 Å². The van der Waals surface area contributed by atoms with E-state index < -0.39 is 0 Å². The molecule has 2 aliphatic rings. The number of aromatic nitrogens is 3. The fraction of sp³-hybridized carbons (Fsp3) is 0.433. The van der Waals surface area contributed by atoms with E-state index in [9.17, 15) is 4.79 Å². The van der Waals surface area contributed by atoms with Crippen molar-refractivity contribution in [2.24, 2.45) is 11.8 Å². The summed E-state index contributed by atoms with van der Waals surface area (Å²) in [6, 6.07) is 11.8. The summed E-state index contributed by atoms with van der Waals surface area (Å²) in [6.45, 7) is 2.59. The number of rotatable bonds is 7. The van der Waals surface area contributed by atoms with Crippen molar-refractivity contribution in [3.05, 3.63) is 65.6 Å². The summed E-state index contributed by atoms with van der Waals surface area (Å²) >= 11 is 5.99. The van der Waals surface area contributed by atoms with Gasteiger partial charge in [-0.05, 0) is 98.9 Å². The largest absolute Gasteiger partial charge is 0.493 e. The average Bonchev–Trinajstić information content (AvgIpc) is 3.43. The van der Waals surface area contributed by atoms with Crippen LogP contribution in [0.5, 0.6) is 5.75 Å². The fourth-order valence-corrected chi connectivity index (χ4v) is 6.67. The van der Waals surface area contributed by atoms with E-state index in [4.69, 9.17) is 16.3 Å². The lowest BCUT2D eigenvalue weighted by Crippen LogP contribution is -2.48. The summed E-state index contributed by atoms with van der Waals surface area (Å²) < 4.78 is 6.05. The lowest BCUT2D eigenvalue weighted by atomic mass is 9.75. The normalized spacial score (nSPS) is 23.8. The Morgan fingerprint density at radius 3 is 2.73 bits per heavy atom. The van der Waals surface area contributed by atoms with Gasteiger partial charge in [-0.2, -0.15) is 0 Å². The Bertz CT molecular complexity index is 1360. The van der Waals surface area contributed by atoms with Crippen LogP contribution in [0.25, 0.3) is 21.9 Å². The average molecular weight is 517 g/mol. The molecule has 1 aliphatic carbocycles. The zero-order valence-corrected chi connectivity index (χ0v) is 21.7. The van der Waals surface area contributed by atoms with Gasteiger partial charge in [0.05, 0.1) is 24.4 Å². The lowest BCUT2D eigenvalue weighted by molar-refractivity contribution is -0.115. The molecule has 4 aromatic rings. The van der Waals surface area contributed by atoms with Gasteiger partial charge < -0.3 is 14.5 Å². The topological polar surface area (TPSA) is 71.1 Å². The highest BCUT2D eigenvalue weighted by Gasteiger charge is 2.34. The van der Waals surface area contributed by atoms with Gasteiger partial charge in [0, 0.05) is 40.7 Å². The number of hydrogen-bond acceptors (Lipinski definition) is 5. The second-order valence-electron chi connectivity index (χ2n) is 10.7. The third-order valence-corrected chi connectivity index (χ3v) is 8.68. The second-order valence-corrected chi connectivity index (χ2v) is 11.1. The molecule has 0 radical (unpaired) electrons. The Labute approximate surface area is 222 Å². The van der Waals surface area contributed by atoms with Crippen LogP contribution in [0.3, 0.4) is 0 Å². The van der Waals surface area contributed by atoms with Crippen LogP contribution in [0.2, 0.25) is 5.02 Å². The van der Waals surface area contributed by atoms with Gasteiger partial charge in [-0.3, -0.25) is 4.90 Å². The van der Waals surface area contributed by atoms with Gasteiger partial charge in [-0.15, -0.1) is 0 Å². The summed E-state index contributed by atoms with van der Waals surface area (Å²) in [5.74, 6) is 2.18. The zero-order valence-electron chi connectivity index (χ0n) is 21.0. The highest BCUT2D eigenvalue weighted by molar-refractivity contribution is 6.30. The molecule has 1 aliphatic heterocycles. The number of hydrogen-bond donors (Lipinski definition) is 1. The third kappa shape index (κ3) is 5.10. The van der Waals surface area contributed by atoms with Crippen molar-refractivity contribution < 1.29 is 9.53 Å². The molecule has 3 aromatic heterocycles. The molecule has 2 unspecified atom stereocenters. The first-order valence-electron chi connectivity index (χ1n) is 13.5. The molecule has 192 valence electrons. The van der Waals surface area contributed by atoms with Crippen LogP contribution >= 0.6 is 11.6 Å². The second kappa shape index (κ2) is 10.8. The van der Waals surface area contributed by atoms with Gasteiger partial charge in [0.2, 0.25) is 0 Å². The number of likely N-dealkylation sites (tertiary alicyclic amines) is 1. The molecule has 0 spiro atoms. The number of H-pyrrole nitrogens is 1. The Hall–Kier alpha value is -2.96. The molecule has 0 amide bonds. The van der Waals surface area contributed by atoms with Crippen molar-refractivity contribution in [3.8, 4) is 5.75 Å². The third-order valence-electron chi connectivity index (χ3n) is 8.43. The molecule has 37 heavy (non-hydrogen) atoms. The molecule has 7 heteroatoms. The van der Waals surface area contributed by atoms with Crippen molar-refractivity contribution in [3.63, 3.8) is 0 Å². The molecule has 1 saturated carbocycles. The number of ether oxygens (including phenoxy) is 1. The summed E-state index contributed by atoms with van der Waals surface area (Å²) in [4.78, 5) is 27.0. The summed E-state index contributed by atoms with van der Waals surface area (Å²) in [7, 11) is 0. The van der Waals surface area contributed by atoms with Crippen LogP contribution in [0, 0.1) is 11.8 Å². The van der Waals surface area contributed by atoms with Crippen LogP contribution in [-0.4, -0.2) is 51.9 Å². The number of benzene rings is 1. The maximum absolute atomic E-state index is 12.4. The van der Waals surface area contributed by atoms with E-state index in [1.54, 1.807) is 0 Å². The van der Waals surface area contributed by atoms with Gasteiger partial charge >= 0.3 is 0 Å². The highest BCUT2D eigenvalue weighted by atomic mass is 35.5. The minimum Gasteiger partial charge on any atom is -0.493 e. The minimum absolute atomic E-state index is 0.00434. The number of fused-ring (bicyclic) bond motifs is 3. The van der Waals surface area contributed by atoms with Gasteiger partial charge in [-0.1, -0.05) is 11.6 Å². The van der Waals surface area contributed by atoms with E-state index in [0.717, 1.165) is 73.9 Å². The molecule has 2 fully saturated rings. The number of nitrogens with zero attached hydrogens (tertiary/aromatic N) is 3. The molecule has 4 heterocycles. The van der Waals surface area contributed by atoms with E-state index >= 15 is 0 Å². The van der Waals surface area contributed by atoms with Crippen LogP contribution in [0.15, 0.2) is 55.0 Å². The van der Waals surface area contributed by atoms with Crippen LogP contribution < -0.4 is 4.74 Å². The zero-order chi connectivity index (χ0) is 25.2. The Morgan fingerprint density at radius 1 is 1.08 bits per heavy atom. The van der Waals surface area contributed by atoms with Crippen LogP contribution in [0.1, 0.15) is 50.0 Å². The highest BCUT2D eigenvalue weighted by Crippen LogP contribution is 2.41. The standard InChI is InChI=1S/C30H33ClN4O2/c31-23-7-9-24(10-8-23)37-19-20-2-1-15-35(17-20)28(18-36)22-5-3-21(4-6-22)25-11-13-32-27-16-34-30-26(29(25)27)12-14-33-30/h7-14,16,18,20-22,28,32H,1-6,15,17,19H2. The van der Waals surface area contributed by atoms with Crippen molar-refractivity contribution >= 4 is 39.8 Å². The molecule has 1 saturated heterocycles. The summed E-state index contributed by atoms with van der Waals surface area (Å²) in [6.07, 6.45) is 13.6. The molecule has 0 bridgehead atoms. The predicted octanol–water partition coefficient (Wildman–Crippen LogP) is 6.40. The molecule has 6 rings (SSSR count). The molecule has 6 nitrogen and oxygen atoms in total. The van der Waals surface area contributed by atoms with E-state index in [0.29, 0.717) is 29.4 Å². The van der Waals surface area contributed by atoms with Gasteiger partial charge in [-0.25, -0.2) is 9.97 Å². The molecule has 1 N–H and O–H groups in total. The fourth-order valence-electron chi connectivity index (χ4n) is 6.54.